The molecule has 1 N–H and O–H groups in total. The van der Waals surface area contributed by atoms with Gasteiger partial charge in [-0.2, -0.15) is 0 Å². The number of imide groups is 1. The van der Waals surface area contributed by atoms with E-state index in [0.29, 0.717) is 24.6 Å². The molecular weight excluding hydrogens is 402 g/mol. The first kappa shape index (κ1) is 22.1. The molecule has 1 aliphatic rings. The molecular formula is C22H27N3O4S. The molecule has 160 valence electrons. The minimum atomic E-state index is -0.268. The van der Waals surface area contributed by atoms with Crippen LogP contribution in [0.15, 0.2) is 29.3 Å². The van der Waals surface area contributed by atoms with Crippen LogP contribution in [-0.2, 0) is 27.3 Å². The van der Waals surface area contributed by atoms with Gasteiger partial charge in [-0.25, -0.2) is 0 Å². The molecule has 7 nitrogen and oxygen atoms in total. The fourth-order valence-corrected chi connectivity index (χ4v) is 4.45. The first-order valence-electron chi connectivity index (χ1n) is 10.1. The van der Waals surface area contributed by atoms with E-state index < -0.39 is 0 Å². The highest BCUT2D eigenvalue weighted by atomic mass is 32.2. The number of likely N-dealkylation sites (N-methyl/N-ethyl adjacent to an activating group) is 1. The summed E-state index contributed by atoms with van der Waals surface area (Å²) in [5.41, 5.74) is 2.93. The van der Waals surface area contributed by atoms with Crippen molar-refractivity contribution in [2.75, 3.05) is 26.8 Å². The van der Waals surface area contributed by atoms with Gasteiger partial charge in [0, 0.05) is 44.0 Å². The summed E-state index contributed by atoms with van der Waals surface area (Å²) in [6, 6.07) is 6.01. The smallest absolute Gasteiger partial charge is 0.293 e. The molecule has 0 unspecified atom stereocenters. The van der Waals surface area contributed by atoms with Crippen molar-refractivity contribution in [1.82, 2.24) is 14.8 Å². The number of nitrogens with one attached hydrogen (secondary N) is 1. The molecule has 1 aromatic carbocycles. The van der Waals surface area contributed by atoms with Crippen LogP contribution in [0.3, 0.4) is 0 Å². The molecule has 1 aliphatic heterocycles. The molecule has 0 atom stereocenters. The highest BCUT2D eigenvalue weighted by Crippen LogP contribution is 2.34. The van der Waals surface area contributed by atoms with Crippen LogP contribution in [0.5, 0.6) is 0 Å². The number of hydrogen-bond donors (Lipinski definition) is 1. The average Bonchev–Trinajstić information content (AvgIpc) is 3.21. The average molecular weight is 430 g/mol. The van der Waals surface area contributed by atoms with Gasteiger partial charge in [-0.15, -0.1) is 0 Å². The molecule has 8 heteroatoms. The molecule has 0 saturated carbocycles. The predicted molar refractivity (Wildman–Crippen MR) is 119 cm³/mol. The van der Waals surface area contributed by atoms with Gasteiger partial charge >= 0.3 is 0 Å². The fourth-order valence-electron chi connectivity index (χ4n) is 3.56. The first-order valence-corrected chi connectivity index (χ1v) is 10.9. The van der Waals surface area contributed by atoms with Crippen LogP contribution >= 0.6 is 11.8 Å². The van der Waals surface area contributed by atoms with Crippen molar-refractivity contribution in [2.45, 2.75) is 33.2 Å². The van der Waals surface area contributed by atoms with Crippen LogP contribution in [0.25, 0.3) is 17.0 Å². The number of amides is 3. The maximum absolute atomic E-state index is 12.5. The number of aryl methyl sites for hydroxylation is 1. The number of ether oxygens (including phenoxy) is 1. The van der Waals surface area contributed by atoms with E-state index >= 15 is 0 Å². The molecule has 0 radical (unpaired) electrons. The van der Waals surface area contributed by atoms with E-state index in [1.54, 1.807) is 20.1 Å². The zero-order valence-electron chi connectivity index (χ0n) is 17.6. The van der Waals surface area contributed by atoms with E-state index in [4.69, 9.17) is 4.74 Å². The number of benzene rings is 1. The summed E-state index contributed by atoms with van der Waals surface area (Å²) >= 11 is 0.957. The van der Waals surface area contributed by atoms with Crippen LogP contribution in [0, 0.1) is 0 Å². The highest BCUT2D eigenvalue weighted by molar-refractivity contribution is 8.18. The number of methoxy groups -OCH3 is 1. The van der Waals surface area contributed by atoms with E-state index in [-0.39, 0.29) is 23.6 Å². The quantitative estimate of drug-likeness (QED) is 0.488. The fraction of sp³-hybridized carbons (Fsp3) is 0.409. The van der Waals surface area contributed by atoms with E-state index in [1.807, 2.05) is 29.0 Å². The summed E-state index contributed by atoms with van der Waals surface area (Å²) in [4.78, 5) is 38.6. The zero-order valence-corrected chi connectivity index (χ0v) is 18.4. The molecule has 2 heterocycles. The third-order valence-electron chi connectivity index (χ3n) is 5.03. The maximum Gasteiger partial charge on any atom is 0.293 e. The number of para-hydroxylation sites is 1. The number of carbonyl (C=O) groups is 3. The number of carbonyl (C=O) groups excluding carboxylic acids is 3. The van der Waals surface area contributed by atoms with E-state index in [9.17, 15) is 14.4 Å². The SMILES string of the molecule is CCc1cccc2c(/C=C3\SC(=O)N(CC)C3=O)cn(CC(=O)NCCCOC)c12. The zero-order chi connectivity index (χ0) is 21.7. The summed E-state index contributed by atoms with van der Waals surface area (Å²) in [5.74, 6) is -0.345. The predicted octanol–water partition coefficient (Wildman–Crippen LogP) is 3.41. The lowest BCUT2D eigenvalue weighted by molar-refractivity contribution is -0.123. The Morgan fingerprint density at radius 3 is 2.73 bits per heavy atom. The Morgan fingerprint density at radius 2 is 2.07 bits per heavy atom. The normalized spacial score (nSPS) is 15.6. The molecule has 30 heavy (non-hydrogen) atoms. The molecule has 1 saturated heterocycles. The maximum atomic E-state index is 12.5. The van der Waals surface area contributed by atoms with Gasteiger partial charge < -0.3 is 14.6 Å². The van der Waals surface area contributed by atoms with Crippen LogP contribution in [0.1, 0.15) is 31.4 Å². The lowest BCUT2D eigenvalue weighted by atomic mass is 10.1. The number of rotatable bonds is 9. The van der Waals surface area contributed by atoms with Gasteiger partial charge in [-0.05, 0) is 43.2 Å². The third kappa shape index (κ3) is 4.60. The van der Waals surface area contributed by atoms with Crippen molar-refractivity contribution in [3.8, 4) is 0 Å². The van der Waals surface area contributed by atoms with Crippen LogP contribution in [0.2, 0.25) is 0 Å². The molecule has 2 aromatic rings. The van der Waals surface area contributed by atoms with Crippen LogP contribution in [-0.4, -0.2) is 53.3 Å². The van der Waals surface area contributed by atoms with Gasteiger partial charge in [-0.1, -0.05) is 25.1 Å². The molecule has 3 amide bonds. The first-order chi connectivity index (χ1) is 14.5. The Balaban J connectivity index is 1.93. The molecule has 0 spiro atoms. The third-order valence-corrected chi connectivity index (χ3v) is 5.94. The molecule has 0 aliphatic carbocycles. The van der Waals surface area contributed by atoms with Crippen LogP contribution < -0.4 is 5.32 Å². The highest BCUT2D eigenvalue weighted by Gasteiger charge is 2.33. The molecule has 1 aromatic heterocycles. The lowest BCUT2D eigenvalue weighted by Gasteiger charge is -2.09. The number of nitrogens with zero attached hydrogens (tertiary/aromatic N) is 2. The second kappa shape index (κ2) is 9.95. The Hall–Kier alpha value is -2.58. The Bertz CT molecular complexity index is 996. The van der Waals surface area contributed by atoms with Crippen molar-refractivity contribution in [2.24, 2.45) is 0 Å². The van der Waals surface area contributed by atoms with Gasteiger partial charge in [-0.3, -0.25) is 19.3 Å². The van der Waals surface area contributed by atoms with Crippen molar-refractivity contribution in [3.63, 3.8) is 0 Å². The van der Waals surface area contributed by atoms with Gasteiger partial charge in [0.2, 0.25) is 5.91 Å². The van der Waals surface area contributed by atoms with Crippen molar-refractivity contribution >= 4 is 45.8 Å². The van der Waals surface area contributed by atoms with Gasteiger partial charge in [0.05, 0.1) is 10.4 Å². The Kier molecular flexibility index (Phi) is 7.33. The van der Waals surface area contributed by atoms with E-state index in [2.05, 4.69) is 12.2 Å². The topological polar surface area (TPSA) is 80.6 Å². The standard InChI is InChI=1S/C22H27N3O4S/c1-4-15-8-6-9-17-16(12-18-21(27)25(5-2)22(28)30-18)13-24(20(15)17)14-19(26)23-10-7-11-29-3/h6,8-9,12-13H,4-5,7,10-11,14H2,1-3H3,(H,23,26)/b18-12-. The van der Waals surface area contributed by atoms with Crippen molar-refractivity contribution in [3.05, 3.63) is 40.4 Å². The van der Waals surface area contributed by atoms with Crippen molar-refractivity contribution in [1.29, 1.82) is 0 Å². The second-order valence-corrected chi connectivity index (χ2v) is 7.99. The summed E-state index contributed by atoms with van der Waals surface area (Å²) in [6.07, 6.45) is 5.23. The lowest BCUT2D eigenvalue weighted by Crippen LogP contribution is -2.28. The molecule has 1 fully saturated rings. The number of fused-ring (bicyclic) bond motifs is 1. The van der Waals surface area contributed by atoms with Gasteiger partial charge in [0.15, 0.2) is 0 Å². The number of aromatic nitrogens is 1. The Labute approximate surface area is 180 Å². The molecule has 3 rings (SSSR count). The summed E-state index contributed by atoms with van der Waals surface area (Å²) in [6.45, 7) is 5.55. The van der Waals surface area contributed by atoms with E-state index in [1.165, 1.54) is 4.90 Å². The summed E-state index contributed by atoms with van der Waals surface area (Å²) in [5, 5.41) is 3.63. The van der Waals surface area contributed by atoms with Crippen LogP contribution in [0.4, 0.5) is 4.79 Å². The van der Waals surface area contributed by atoms with Gasteiger partial charge in [0.1, 0.15) is 6.54 Å². The monoisotopic (exact) mass is 429 g/mol. The minimum Gasteiger partial charge on any atom is -0.385 e. The summed E-state index contributed by atoms with van der Waals surface area (Å²) in [7, 11) is 1.64. The minimum absolute atomic E-state index is 0.0771. The summed E-state index contributed by atoms with van der Waals surface area (Å²) < 4.78 is 6.93. The number of hydrogen-bond acceptors (Lipinski definition) is 5. The van der Waals surface area contributed by atoms with Crippen molar-refractivity contribution < 1.29 is 19.1 Å². The van der Waals surface area contributed by atoms with Gasteiger partial charge in [0.25, 0.3) is 11.1 Å². The molecule has 0 bridgehead atoms. The Morgan fingerprint density at radius 1 is 1.27 bits per heavy atom. The largest absolute Gasteiger partial charge is 0.385 e. The second-order valence-electron chi connectivity index (χ2n) is 7.00. The van der Waals surface area contributed by atoms with E-state index in [0.717, 1.165) is 46.6 Å². The number of thioether (sulfide) groups is 1.